The van der Waals surface area contributed by atoms with Crippen LogP contribution < -0.4 is 4.74 Å². The summed E-state index contributed by atoms with van der Waals surface area (Å²) in [6.45, 7) is 13.7. The number of Topliss-reactive ketones (excluding diaryl/α,β-unsaturated/α-hetero) is 1. The van der Waals surface area contributed by atoms with E-state index < -0.39 is 17.1 Å². The molecule has 0 aliphatic heterocycles. The van der Waals surface area contributed by atoms with Crippen LogP contribution in [0.25, 0.3) is 51.0 Å². The highest BCUT2D eigenvalue weighted by Crippen LogP contribution is 2.36. The first kappa shape index (κ1) is 50.9. The van der Waals surface area contributed by atoms with Crippen LogP contribution in [0, 0.1) is 28.0 Å². The number of nitro groups is 1. The molecular formula is C57H56N4O7. The maximum atomic E-state index is 13.1. The Hall–Kier alpha value is -8.12. The first-order valence-corrected chi connectivity index (χ1v) is 22.6. The van der Waals surface area contributed by atoms with E-state index in [0.717, 1.165) is 78.1 Å². The average molecular weight is 909 g/mol. The Kier molecular flexibility index (Phi) is 20.5. The molecule has 1 heterocycles. The highest BCUT2D eigenvalue weighted by molar-refractivity contribution is 6.10. The quantitative estimate of drug-likeness (QED) is 0.00615. The van der Waals surface area contributed by atoms with Crippen LogP contribution in [-0.4, -0.2) is 41.6 Å². The van der Waals surface area contributed by atoms with Gasteiger partial charge in [0.2, 0.25) is 5.70 Å². The minimum absolute atomic E-state index is 0.00129. The number of carbonyl (C=O) groups is 2. The maximum absolute atomic E-state index is 13.1. The summed E-state index contributed by atoms with van der Waals surface area (Å²) in [5.74, 6) is -0.447. The third-order valence-electron chi connectivity index (χ3n) is 10.8. The number of benzene rings is 4. The summed E-state index contributed by atoms with van der Waals surface area (Å²) in [6, 6.07) is 27.2. The molecule has 0 spiro atoms. The standard InChI is InChI=1S/C57H56N4O7/c1-5-6-7-8-9-12-15-18-21-56(68-50-32-26-45(27-33-50)23-22-44-24-30-49(31-25-44)61(64)65)60-54-34-28-46(39-51(54)52-40-47(29-35-55(52)60)41-53(59-3)43(2)62)38-48(42-58)57(63)67-37-20-17-14-11-10-13-16-19-36-66-4/h5-9,12,15,18,21-35,38-41,56H,1,10-11,13-14,16-17,19-20,36-37H2,2,4H3/b7-6+,9-8+,15-12+,21-18+,23-22+,48-38+,53-41-. The molecule has 11 nitrogen and oxygen atoms in total. The number of unbranched alkanes of at least 4 members (excludes halogenated alkanes) is 7. The molecule has 346 valence electrons. The molecule has 1 aromatic heterocycles. The van der Waals surface area contributed by atoms with Crippen molar-refractivity contribution in [3.63, 3.8) is 0 Å². The summed E-state index contributed by atoms with van der Waals surface area (Å²) < 4.78 is 19.5. The van der Waals surface area contributed by atoms with Gasteiger partial charge in [-0.05, 0) is 109 Å². The number of rotatable bonds is 26. The van der Waals surface area contributed by atoms with E-state index in [1.165, 1.54) is 38.0 Å². The Labute approximate surface area is 398 Å². The lowest BCUT2D eigenvalue weighted by atomic mass is 10.0. The number of ketones is 1. The van der Waals surface area contributed by atoms with Crippen LogP contribution in [0.5, 0.6) is 5.75 Å². The summed E-state index contributed by atoms with van der Waals surface area (Å²) in [6.07, 6.45) is 31.4. The van der Waals surface area contributed by atoms with Gasteiger partial charge in [0.05, 0.1) is 29.1 Å². The Bertz CT molecular complexity index is 2840. The van der Waals surface area contributed by atoms with Crippen molar-refractivity contribution in [3.8, 4) is 11.8 Å². The van der Waals surface area contributed by atoms with E-state index in [4.69, 9.17) is 20.8 Å². The molecule has 68 heavy (non-hydrogen) atoms. The Morgan fingerprint density at radius 2 is 1.26 bits per heavy atom. The van der Waals surface area contributed by atoms with Crippen LogP contribution in [0.4, 0.5) is 5.69 Å². The summed E-state index contributed by atoms with van der Waals surface area (Å²) >= 11 is 0. The topological polar surface area (TPSA) is 138 Å². The van der Waals surface area contributed by atoms with Gasteiger partial charge in [0.1, 0.15) is 17.4 Å². The number of carbonyl (C=O) groups excluding carboxylic acids is 2. The first-order chi connectivity index (χ1) is 33.1. The third-order valence-corrected chi connectivity index (χ3v) is 10.8. The Morgan fingerprint density at radius 3 is 1.79 bits per heavy atom. The molecule has 0 N–H and O–H groups in total. The number of aromatic nitrogens is 1. The number of hydrogen-bond acceptors (Lipinski definition) is 8. The zero-order valence-electron chi connectivity index (χ0n) is 38.6. The Morgan fingerprint density at radius 1 is 0.750 bits per heavy atom. The predicted molar refractivity (Wildman–Crippen MR) is 273 cm³/mol. The number of non-ortho nitro benzene ring substituents is 1. The van der Waals surface area contributed by atoms with E-state index in [9.17, 15) is 25.0 Å². The fourth-order valence-corrected chi connectivity index (χ4v) is 7.30. The second-order valence-corrected chi connectivity index (χ2v) is 15.8. The molecule has 1 atom stereocenters. The predicted octanol–water partition coefficient (Wildman–Crippen LogP) is 13.9. The van der Waals surface area contributed by atoms with Crippen molar-refractivity contribution >= 4 is 63.5 Å². The van der Waals surface area contributed by atoms with Gasteiger partial charge < -0.3 is 23.6 Å². The van der Waals surface area contributed by atoms with Crippen molar-refractivity contribution in [2.75, 3.05) is 20.3 Å². The van der Waals surface area contributed by atoms with Crippen molar-refractivity contribution in [2.45, 2.75) is 64.5 Å². The molecule has 5 rings (SSSR count). The number of hydrogen-bond donors (Lipinski definition) is 0. The maximum Gasteiger partial charge on any atom is 0.348 e. The van der Waals surface area contributed by atoms with Crippen LogP contribution in [0.2, 0.25) is 0 Å². The molecule has 5 aromatic rings. The van der Waals surface area contributed by atoms with Gasteiger partial charge in [0, 0.05) is 36.6 Å². The molecule has 4 aromatic carbocycles. The number of nitrogens with zero attached hydrogens (tertiary/aromatic N) is 4. The Balaban J connectivity index is 1.48. The van der Waals surface area contributed by atoms with E-state index in [2.05, 4.69) is 11.4 Å². The molecule has 0 fully saturated rings. The van der Waals surface area contributed by atoms with Crippen molar-refractivity contribution in [3.05, 3.63) is 201 Å². The number of nitriles is 1. The van der Waals surface area contributed by atoms with Gasteiger partial charge in [-0.1, -0.05) is 130 Å². The number of allylic oxidation sites excluding steroid dienone is 9. The highest BCUT2D eigenvalue weighted by atomic mass is 16.6. The summed E-state index contributed by atoms with van der Waals surface area (Å²) in [5.41, 5.74) is 4.43. The lowest BCUT2D eigenvalue weighted by Crippen LogP contribution is -2.13. The molecule has 11 heteroatoms. The van der Waals surface area contributed by atoms with Gasteiger partial charge in [-0.15, -0.1) is 0 Å². The molecule has 0 saturated carbocycles. The average Bonchev–Trinajstić information content (AvgIpc) is 3.66. The van der Waals surface area contributed by atoms with Gasteiger partial charge in [-0.3, -0.25) is 10.1 Å². The molecule has 0 amide bonds. The molecule has 0 radical (unpaired) electrons. The lowest BCUT2D eigenvalue weighted by molar-refractivity contribution is -0.384. The van der Waals surface area contributed by atoms with E-state index in [1.807, 2.05) is 132 Å². The number of nitro benzene ring substituents is 1. The zero-order valence-corrected chi connectivity index (χ0v) is 38.6. The number of ether oxygens (including phenoxy) is 3. The van der Waals surface area contributed by atoms with Gasteiger partial charge in [-0.25, -0.2) is 9.64 Å². The lowest BCUT2D eigenvalue weighted by Gasteiger charge is -2.20. The fourth-order valence-electron chi connectivity index (χ4n) is 7.30. The summed E-state index contributed by atoms with van der Waals surface area (Å²) in [4.78, 5) is 39.5. The van der Waals surface area contributed by atoms with Gasteiger partial charge in [-0.2, -0.15) is 5.26 Å². The summed E-state index contributed by atoms with van der Waals surface area (Å²) in [5, 5.41) is 22.7. The monoisotopic (exact) mass is 908 g/mol. The van der Waals surface area contributed by atoms with E-state index in [-0.39, 0.29) is 29.3 Å². The number of fused-ring (bicyclic) bond motifs is 3. The van der Waals surface area contributed by atoms with Crippen molar-refractivity contribution in [1.29, 1.82) is 5.26 Å². The van der Waals surface area contributed by atoms with Crippen LogP contribution in [0.15, 0.2) is 157 Å². The first-order valence-electron chi connectivity index (χ1n) is 22.6. The van der Waals surface area contributed by atoms with Crippen molar-refractivity contribution < 1.29 is 28.7 Å². The van der Waals surface area contributed by atoms with E-state index in [1.54, 1.807) is 31.4 Å². The largest absolute Gasteiger partial charge is 0.467 e. The van der Waals surface area contributed by atoms with Crippen LogP contribution in [0.1, 0.15) is 86.8 Å². The number of esters is 1. The minimum atomic E-state index is -0.699. The minimum Gasteiger partial charge on any atom is -0.467 e. The van der Waals surface area contributed by atoms with Crippen LogP contribution >= 0.6 is 0 Å². The van der Waals surface area contributed by atoms with Crippen LogP contribution in [0.3, 0.4) is 0 Å². The molecular weight excluding hydrogens is 853 g/mol. The molecule has 0 aliphatic carbocycles. The smallest absolute Gasteiger partial charge is 0.348 e. The van der Waals surface area contributed by atoms with E-state index >= 15 is 0 Å². The van der Waals surface area contributed by atoms with Gasteiger partial charge in [0.25, 0.3) is 5.69 Å². The molecule has 0 aliphatic rings. The van der Waals surface area contributed by atoms with Gasteiger partial charge >= 0.3 is 5.97 Å². The van der Waals surface area contributed by atoms with E-state index in [0.29, 0.717) is 16.9 Å². The molecule has 0 bridgehead atoms. The third kappa shape index (κ3) is 15.5. The fraction of sp³-hybridized carbons (Fsp3) is 0.228. The molecule has 1 unspecified atom stereocenters. The van der Waals surface area contributed by atoms with Crippen molar-refractivity contribution in [1.82, 2.24) is 4.57 Å². The second-order valence-electron chi connectivity index (χ2n) is 15.8. The van der Waals surface area contributed by atoms with Crippen LogP contribution in [-0.2, 0) is 19.1 Å². The normalized spacial score (nSPS) is 12.7. The zero-order chi connectivity index (χ0) is 48.5. The highest BCUT2D eigenvalue weighted by Gasteiger charge is 2.20. The van der Waals surface area contributed by atoms with Gasteiger partial charge in [0.15, 0.2) is 12.0 Å². The summed E-state index contributed by atoms with van der Waals surface area (Å²) in [7, 11) is 1.72. The SMILES string of the molecule is [C-]#[N+]/C(=C\c1ccc2c(c1)c1cc(/C=C(\C#N)C(=O)OCCCCCCCCCCOC)ccc1n2C(/C=C/C=C/C=C/C=C/C=C)Oc1ccc(/C=C/c2ccc([N+](=O)[O-])cc2)cc1)C(C)=O. The second kappa shape index (κ2) is 27.4. The number of methoxy groups -OCH3 is 1. The van der Waals surface area contributed by atoms with Crippen molar-refractivity contribution in [2.24, 2.45) is 0 Å². The molecule has 0 saturated heterocycles.